The van der Waals surface area contributed by atoms with E-state index in [1.54, 1.807) is 25.3 Å². The van der Waals surface area contributed by atoms with Crippen LogP contribution in [0, 0.1) is 12.8 Å². The first-order chi connectivity index (χ1) is 11.4. The number of carbonyl (C=O) groups is 1. The minimum Gasteiger partial charge on any atom is -0.496 e. The van der Waals surface area contributed by atoms with Crippen molar-refractivity contribution in [2.24, 2.45) is 5.92 Å². The van der Waals surface area contributed by atoms with E-state index < -0.39 is 10.0 Å². The van der Waals surface area contributed by atoms with Crippen LogP contribution >= 0.6 is 0 Å². The zero-order valence-electron chi connectivity index (χ0n) is 14.5. The number of hydrogen-bond acceptors (Lipinski definition) is 4. The van der Waals surface area contributed by atoms with E-state index in [2.05, 4.69) is 5.32 Å². The maximum Gasteiger partial charge on any atom is 0.243 e. The number of hydrogen-bond donors (Lipinski definition) is 1. The second-order valence-electron chi connectivity index (χ2n) is 6.10. The lowest BCUT2D eigenvalue weighted by atomic mass is 9.97. The standard InChI is InChI=1S/C17H26N2O4S/c1-4-9-18-17(20)14-7-10-19(11-8-14)24(21,22)15-5-6-16(23-3)13(2)12-15/h5-6,12,14H,4,7-11H2,1-3H3,(H,18,20). The Kier molecular flexibility index (Phi) is 6.23. The Morgan fingerprint density at radius 3 is 2.54 bits per heavy atom. The molecule has 1 fully saturated rings. The SMILES string of the molecule is CCCNC(=O)C1CCN(S(=O)(=O)c2ccc(OC)c(C)c2)CC1. The maximum atomic E-state index is 12.8. The van der Waals surface area contributed by atoms with Crippen LogP contribution in [0.1, 0.15) is 31.7 Å². The Hall–Kier alpha value is -1.60. The van der Waals surface area contributed by atoms with Gasteiger partial charge in [0.1, 0.15) is 5.75 Å². The van der Waals surface area contributed by atoms with Crippen LogP contribution in [0.2, 0.25) is 0 Å². The zero-order valence-corrected chi connectivity index (χ0v) is 15.4. The lowest BCUT2D eigenvalue weighted by molar-refractivity contribution is -0.126. The van der Waals surface area contributed by atoms with Gasteiger partial charge in [0.2, 0.25) is 15.9 Å². The Balaban J connectivity index is 2.04. The van der Waals surface area contributed by atoms with Crippen molar-refractivity contribution in [3.63, 3.8) is 0 Å². The quantitative estimate of drug-likeness (QED) is 0.847. The molecular weight excluding hydrogens is 328 g/mol. The molecule has 1 aliphatic rings. The van der Waals surface area contributed by atoms with Crippen molar-refractivity contribution in [2.45, 2.75) is 38.0 Å². The van der Waals surface area contributed by atoms with E-state index in [-0.39, 0.29) is 16.7 Å². The number of methoxy groups -OCH3 is 1. The van der Waals surface area contributed by atoms with Gasteiger partial charge in [-0.05, 0) is 49.9 Å². The number of aryl methyl sites for hydroxylation is 1. The van der Waals surface area contributed by atoms with Crippen molar-refractivity contribution in [1.82, 2.24) is 9.62 Å². The molecule has 1 heterocycles. The number of rotatable bonds is 6. The summed E-state index contributed by atoms with van der Waals surface area (Å²) in [7, 11) is -1.97. The van der Waals surface area contributed by atoms with Crippen LogP contribution in [0.4, 0.5) is 0 Å². The topological polar surface area (TPSA) is 75.7 Å². The monoisotopic (exact) mass is 354 g/mol. The highest BCUT2D eigenvalue weighted by atomic mass is 32.2. The summed E-state index contributed by atoms with van der Waals surface area (Å²) in [4.78, 5) is 12.3. The van der Waals surface area contributed by atoms with Crippen LogP contribution in [0.25, 0.3) is 0 Å². The molecule has 0 unspecified atom stereocenters. The van der Waals surface area contributed by atoms with Gasteiger partial charge >= 0.3 is 0 Å². The molecule has 134 valence electrons. The highest BCUT2D eigenvalue weighted by Gasteiger charge is 2.32. The van der Waals surface area contributed by atoms with E-state index in [4.69, 9.17) is 4.74 Å². The van der Waals surface area contributed by atoms with Gasteiger partial charge in [-0.1, -0.05) is 6.92 Å². The molecule has 0 radical (unpaired) electrons. The molecule has 0 bridgehead atoms. The lowest BCUT2D eigenvalue weighted by Gasteiger charge is -2.30. The number of nitrogens with one attached hydrogen (secondary N) is 1. The van der Waals surface area contributed by atoms with Gasteiger partial charge in [-0.2, -0.15) is 4.31 Å². The number of carbonyl (C=O) groups excluding carboxylic acids is 1. The summed E-state index contributed by atoms with van der Waals surface area (Å²) >= 11 is 0. The average Bonchev–Trinajstić information content (AvgIpc) is 2.59. The molecule has 0 atom stereocenters. The number of nitrogens with zero attached hydrogens (tertiary/aromatic N) is 1. The third kappa shape index (κ3) is 4.08. The van der Waals surface area contributed by atoms with Crippen LogP contribution in [0.3, 0.4) is 0 Å². The predicted octanol–water partition coefficient (Wildman–Crippen LogP) is 1.93. The van der Waals surface area contributed by atoms with E-state index in [0.717, 1.165) is 12.0 Å². The summed E-state index contributed by atoms with van der Waals surface area (Å²) in [6.07, 6.45) is 2.02. The first-order valence-electron chi connectivity index (χ1n) is 8.32. The minimum absolute atomic E-state index is 0.0363. The maximum absolute atomic E-state index is 12.8. The Bertz CT molecular complexity index is 680. The first-order valence-corrected chi connectivity index (χ1v) is 9.76. The normalized spacial score (nSPS) is 16.8. The number of ether oxygens (including phenoxy) is 1. The van der Waals surface area contributed by atoms with Crippen molar-refractivity contribution >= 4 is 15.9 Å². The largest absolute Gasteiger partial charge is 0.496 e. The Morgan fingerprint density at radius 2 is 2.00 bits per heavy atom. The summed E-state index contributed by atoms with van der Waals surface area (Å²) < 4.78 is 32.2. The van der Waals surface area contributed by atoms with Gasteiger partial charge in [-0.25, -0.2) is 8.42 Å². The van der Waals surface area contributed by atoms with E-state index in [9.17, 15) is 13.2 Å². The van der Waals surface area contributed by atoms with Crippen molar-refractivity contribution < 1.29 is 17.9 Å². The molecule has 0 spiro atoms. The molecule has 1 N–H and O–H groups in total. The second kappa shape index (κ2) is 7.98. The van der Waals surface area contributed by atoms with Crippen molar-refractivity contribution in [3.05, 3.63) is 23.8 Å². The molecule has 0 aliphatic carbocycles. The molecule has 1 amide bonds. The third-order valence-corrected chi connectivity index (χ3v) is 6.27. The molecule has 1 aromatic rings. The molecule has 0 aromatic heterocycles. The van der Waals surface area contributed by atoms with E-state index >= 15 is 0 Å². The summed E-state index contributed by atoms with van der Waals surface area (Å²) in [6, 6.07) is 4.88. The molecule has 1 aliphatic heterocycles. The van der Waals surface area contributed by atoms with Crippen molar-refractivity contribution in [1.29, 1.82) is 0 Å². The highest BCUT2D eigenvalue weighted by molar-refractivity contribution is 7.89. The van der Waals surface area contributed by atoms with Gasteiger partial charge in [-0.3, -0.25) is 4.79 Å². The van der Waals surface area contributed by atoms with E-state index in [1.807, 2.05) is 13.8 Å². The third-order valence-electron chi connectivity index (χ3n) is 4.38. The molecule has 24 heavy (non-hydrogen) atoms. The van der Waals surface area contributed by atoms with Crippen LogP contribution in [-0.2, 0) is 14.8 Å². The van der Waals surface area contributed by atoms with Gasteiger partial charge in [0.15, 0.2) is 0 Å². The van der Waals surface area contributed by atoms with Gasteiger partial charge in [-0.15, -0.1) is 0 Å². The number of benzene rings is 1. The summed E-state index contributed by atoms with van der Waals surface area (Å²) in [5.74, 6) is 0.607. The Labute approximate surface area is 144 Å². The second-order valence-corrected chi connectivity index (χ2v) is 8.04. The van der Waals surface area contributed by atoms with Gasteiger partial charge in [0, 0.05) is 25.6 Å². The van der Waals surface area contributed by atoms with Crippen LogP contribution < -0.4 is 10.1 Å². The molecule has 0 saturated carbocycles. The first kappa shape index (κ1) is 18.7. The average molecular weight is 354 g/mol. The highest BCUT2D eigenvalue weighted by Crippen LogP contribution is 2.27. The van der Waals surface area contributed by atoms with Crippen LogP contribution in [0.5, 0.6) is 5.75 Å². The fourth-order valence-electron chi connectivity index (χ4n) is 2.91. The van der Waals surface area contributed by atoms with Crippen LogP contribution in [0.15, 0.2) is 23.1 Å². The van der Waals surface area contributed by atoms with Crippen molar-refractivity contribution in [3.8, 4) is 5.75 Å². The molecule has 1 saturated heterocycles. The van der Waals surface area contributed by atoms with E-state index in [0.29, 0.717) is 38.2 Å². The molecule has 7 heteroatoms. The minimum atomic E-state index is -3.53. The zero-order chi connectivity index (χ0) is 17.7. The smallest absolute Gasteiger partial charge is 0.243 e. The van der Waals surface area contributed by atoms with Crippen LogP contribution in [-0.4, -0.2) is 45.4 Å². The molecule has 2 rings (SSSR count). The number of amides is 1. The van der Waals surface area contributed by atoms with Gasteiger partial charge < -0.3 is 10.1 Å². The summed E-state index contributed by atoms with van der Waals surface area (Å²) in [6.45, 7) is 5.24. The summed E-state index contributed by atoms with van der Waals surface area (Å²) in [5, 5.41) is 2.89. The lowest BCUT2D eigenvalue weighted by Crippen LogP contribution is -2.43. The van der Waals surface area contributed by atoms with Crippen molar-refractivity contribution in [2.75, 3.05) is 26.7 Å². The van der Waals surface area contributed by atoms with Gasteiger partial charge in [0.25, 0.3) is 0 Å². The number of sulfonamides is 1. The Morgan fingerprint density at radius 1 is 1.33 bits per heavy atom. The fourth-order valence-corrected chi connectivity index (χ4v) is 4.47. The summed E-state index contributed by atoms with van der Waals surface area (Å²) in [5.41, 5.74) is 0.785. The molecular formula is C17H26N2O4S. The number of piperidine rings is 1. The molecule has 6 nitrogen and oxygen atoms in total. The van der Waals surface area contributed by atoms with E-state index in [1.165, 1.54) is 4.31 Å². The fraction of sp³-hybridized carbons (Fsp3) is 0.588. The molecule has 1 aromatic carbocycles. The van der Waals surface area contributed by atoms with Gasteiger partial charge in [0.05, 0.1) is 12.0 Å². The predicted molar refractivity (Wildman–Crippen MR) is 92.5 cm³/mol.